The summed E-state index contributed by atoms with van der Waals surface area (Å²) in [6, 6.07) is 12.3. The van der Waals surface area contributed by atoms with Crippen molar-refractivity contribution in [2.24, 2.45) is 0 Å². The highest BCUT2D eigenvalue weighted by atomic mass is 35.5. The van der Waals surface area contributed by atoms with Crippen molar-refractivity contribution in [3.05, 3.63) is 75.7 Å². The Bertz CT molecular complexity index is 1320. The highest BCUT2D eigenvalue weighted by Gasteiger charge is 2.21. The second-order valence-corrected chi connectivity index (χ2v) is 8.21. The van der Waals surface area contributed by atoms with E-state index in [1.807, 2.05) is 12.1 Å². The van der Waals surface area contributed by atoms with Crippen LogP contribution in [0.5, 0.6) is 11.5 Å². The molecule has 0 atom stereocenters. The summed E-state index contributed by atoms with van der Waals surface area (Å²) < 4.78 is 45.9. The number of nitriles is 2. The molecule has 0 saturated heterocycles. The fourth-order valence-corrected chi connectivity index (χ4v) is 3.91. The number of aromatic nitrogens is 1. The van der Waals surface area contributed by atoms with E-state index < -0.39 is 15.8 Å². The molecule has 3 aromatic rings. The molecule has 1 aromatic heterocycles. The van der Waals surface area contributed by atoms with E-state index in [1.54, 1.807) is 0 Å². The predicted octanol–water partition coefficient (Wildman–Crippen LogP) is 4.86. The molecule has 0 radical (unpaired) electrons. The summed E-state index contributed by atoms with van der Waals surface area (Å²) in [6.45, 7) is 0. The second-order valence-electron chi connectivity index (χ2n) is 5.72. The van der Waals surface area contributed by atoms with Gasteiger partial charge in [0.15, 0.2) is 5.75 Å². The molecular weight excluding hydrogens is 454 g/mol. The van der Waals surface area contributed by atoms with Gasteiger partial charge in [0.25, 0.3) is 10.0 Å². The van der Waals surface area contributed by atoms with Gasteiger partial charge in [-0.2, -0.15) is 10.5 Å². The van der Waals surface area contributed by atoms with E-state index in [1.165, 1.54) is 18.2 Å². The van der Waals surface area contributed by atoms with Crippen LogP contribution in [-0.4, -0.2) is 13.4 Å². The Kier molecular flexibility index (Phi) is 6.09. The Hall–Kier alpha value is -3.37. The van der Waals surface area contributed by atoms with Gasteiger partial charge in [-0.15, -0.1) is 0 Å². The van der Waals surface area contributed by atoms with Gasteiger partial charge in [0.2, 0.25) is 0 Å². The average Bonchev–Trinajstić information content (AvgIpc) is 2.71. The van der Waals surface area contributed by atoms with Crippen LogP contribution in [0.2, 0.25) is 10.0 Å². The molecule has 7 nitrogen and oxygen atoms in total. The minimum Gasteiger partial charge on any atom is -0.454 e. The maximum absolute atomic E-state index is 13.0. The molecule has 0 bridgehead atoms. The molecule has 0 aliphatic heterocycles. The Labute approximate surface area is 180 Å². The number of halogens is 3. The first-order valence-corrected chi connectivity index (χ1v) is 10.2. The molecule has 2 aromatic carbocycles. The first-order chi connectivity index (χ1) is 14.2. The molecule has 0 fully saturated rings. The molecular formula is C19H9Cl2FN4O3S. The van der Waals surface area contributed by atoms with Crippen LogP contribution in [0.15, 0.2) is 53.6 Å². The highest BCUT2D eigenvalue weighted by molar-refractivity contribution is 7.92. The maximum atomic E-state index is 13.0. The van der Waals surface area contributed by atoms with Gasteiger partial charge >= 0.3 is 0 Å². The maximum Gasteiger partial charge on any atom is 0.263 e. The van der Waals surface area contributed by atoms with Crippen molar-refractivity contribution in [1.29, 1.82) is 10.5 Å². The first kappa shape index (κ1) is 21.3. The van der Waals surface area contributed by atoms with Gasteiger partial charge in [0.1, 0.15) is 29.5 Å². The van der Waals surface area contributed by atoms with Gasteiger partial charge < -0.3 is 4.74 Å². The number of hydrogen-bond acceptors (Lipinski definition) is 6. The van der Waals surface area contributed by atoms with Crippen LogP contribution in [0.25, 0.3) is 0 Å². The predicted molar refractivity (Wildman–Crippen MR) is 107 cm³/mol. The number of nitrogens with zero attached hydrogens (tertiary/aromatic N) is 3. The van der Waals surface area contributed by atoms with E-state index in [-0.39, 0.29) is 43.4 Å². The monoisotopic (exact) mass is 462 g/mol. The molecule has 11 heteroatoms. The number of ether oxygens (including phenoxy) is 1. The SMILES string of the molecule is N#Cc1ccc(Oc2c(Cl)cc(S(=O)(=O)Nc3ccc(F)cn3)cc2C#N)cc1Cl. The third-order valence-corrected chi connectivity index (χ3v) is 5.62. The van der Waals surface area contributed by atoms with Crippen LogP contribution in [-0.2, 0) is 10.0 Å². The Morgan fingerprint density at radius 3 is 2.33 bits per heavy atom. The largest absolute Gasteiger partial charge is 0.454 e. The zero-order valence-corrected chi connectivity index (χ0v) is 17.1. The fourth-order valence-electron chi connectivity index (χ4n) is 2.31. The second kappa shape index (κ2) is 8.56. The van der Waals surface area contributed by atoms with Gasteiger partial charge in [-0.1, -0.05) is 23.2 Å². The molecule has 0 aliphatic carbocycles. The lowest BCUT2D eigenvalue weighted by atomic mass is 10.2. The lowest BCUT2D eigenvalue weighted by Crippen LogP contribution is -2.14. The summed E-state index contributed by atoms with van der Waals surface area (Å²) in [5.41, 5.74) is 0.0768. The third-order valence-electron chi connectivity index (χ3n) is 3.70. The Morgan fingerprint density at radius 1 is 1.00 bits per heavy atom. The first-order valence-electron chi connectivity index (χ1n) is 7.99. The molecule has 0 aliphatic rings. The molecule has 0 spiro atoms. The molecule has 150 valence electrons. The van der Waals surface area contributed by atoms with E-state index in [0.717, 1.165) is 30.5 Å². The number of sulfonamides is 1. The standard InChI is InChI=1S/C19H9Cl2FN4O3S/c20-16-6-14(3-1-11(16)8-23)29-19-12(9-24)5-15(7-17(19)21)30(27,28)26-18-4-2-13(22)10-25-18/h1-7,10H,(H,25,26). The van der Waals surface area contributed by atoms with E-state index in [4.69, 9.17) is 33.2 Å². The lowest BCUT2D eigenvalue weighted by molar-refractivity contribution is 0.481. The van der Waals surface area contributed by atoms with Gasteiger partial charge in [-0.05, 0) is 36.4 Å². The van der Waals surface area contributed by atoms with Crippen LogP contribution in [0.1, 0.15) is 11.1 Å². The van der Waals surface area contributed by atoms with Gasteiger partial charge in [-0.25, -0.2) is 17.8 Å². The number of pyridine rings is 1. The van der Waals surface area contributed by atoms with Crippen LogP contribution in [0.3, 0.4) is 0 Å². The van der Waals surface area contributed by atoms with Crippen LogP contribution >= 0.6 is 23.2 Å². The number of benzene rings is 2. The van der Waals surface area contributed by atoms with Crippen molar-refractivity contribution >= 4 is 39.0 Å². The highest BCUT2D eigenvalue weighted by Crippen LogP contribution is 2.36. The fraction of sp³-hybridized carbons (Fsp3) is 0. The van der Waals surface area contributed by atoms with Crippen LogP contribution in [0.4, 0.5) is 10.2 Å². The summed E-state index contributed by atoms with van der Waals surface area (Å²) in [4.78, 5) is 3.31. The average molecular weight is 463 g/mol. The summed E-state index contributed by atoms with van der Waals surface area (Å²) in [5.74, 6) is -0.629. The molecule has 0 amide bonds. The number of hydrogen-bond donors (Lipinski definition) is 1. The van der Waals surface area contributed by atoms with Crippen molar-refractivity contribution in [3.63, 3.8) is 0 Å². The molecule has 1 heterocycles. The number of rotatable bonds is 5. The normalized spacial score (nSPS) is 10.7. The van der Waals surface area contributed by atoms with Crippen molar-refractivity contribution in [2.45, 2.75) is 4.90 Å². The molecule has 0 saturated carbocycles. The number of nitrogens with one attached hydrogen (secondary N) is 1. The quantitative estimate of drug-likeness (QED) is 0.578. The van der Waals surface area contributed by atoms with Crippen LogP contribution < -0.4 is 9.46 Å². The third kappa shape index (κ3) is 4.61. The van der Waals surface area contributed by atoms with E-state index in [0.29, 0.717) is 0 Å². The van der Waals surface area contributed by atoms with Crippen molar-refractivity contribution < 1.29 is 17.5 Å². The molecule has 30 heavy (non-hydrogen) atoms. The smallest absolute Gasteiger partial charge is 0.263 e. The minimum absolute atomic E-state index is 0.0844. The zero-order valence-electron chi connectivity index (χ0n) is 14.7. The summed E-state index contributed by atoms with van der Waals surface area (Å²) in [6.07, 6.45) is 0.852. The number of anilines is 1. The van der Waals surface area contributed by atoms with E-state index in [2.05, 4.69) is 9.71 Å². The topological polar surface area (TPSA) is 116 Å². The van der Waals surface area contributed by atoms with Gasteiger partial charge in [0.05, 0.1) is 32.3 Å². The van der Waals surface area contributed by atoms with Crippen molar-refractivity contribution in [2.75, 3.05) is 4.72 Å². The molecule has 3 rings (SSSR count). The molecule has 1 N–H and O–H groups in total. The lowest BCUT2D eigenvalue weighted by Gasteiger charge is -2.13. The minimum atomic E-state index is -4.17. The van der Waals surface area contributed by atoms with Crippen molar-refractivity contribution in [3.8, 4) is 23.6 Å². The molecule has 0 unspecified atom stereocenters. The Balaban J connectivity index is 1.96. The van der Waals surface area contributed by atoms with Gasteiger partial charge in [-0.3, -0.25) is 4.72 Å². The Morgan fingerprint density at radius 2 is 1.73 bits per heavy atom. The van der Waals surface area contributed by atoms with E-state index in [9.17, 15) is 18.1 Å². The zero-order chi connectivity index (χ0) is 21.9. The summed E-state index contributed by atoms with van der Waals surface area (Å²) >= 11 is 12.1. The summed E-state index contributed by atoms with van der Waals surface area (Å²) in [5, 5.41) is 18.4. The summed E-state index contributed by atoms with van der Waals surface area (Å²) in [7, 11) is -4.17. The van der Waals surface area contributed by atoms with Gasteiger partial charge in [0, 0.05) is 6.07 Å². The van der Waals surface area contributed by atoms with Crippen LogP contribution in [0, 0.1) is 28.5 Å². The van der Waals surface area contributed by atoms with E-state index >= 15 is 0 Å². The van der Waals surface area contributed by atoms with Crippen molar-refractivity contribution in [1.82, 2.24) is 4.98 Å².